The third kappa shape index (κ3) is 6.65. The number of sulfone groups is 1. The zero-order valence-corrected chi connectivity index (χ0v) is 22.2. The Kier molecular flexibility index (Phi) is 8.91. The SMILES string of the molecule is CC(=O)[O-].O=S1(=O)c2ccccc2O[C@H](c2ccc(OCC[NH+]3CCCCC3)cc2)[C@@H]1c1ccc(O)cc1. The Labute approximate surface area is 223 Å². The molecule has 3 aromatic carbocycles. The quantitative estimate of drug-likeness (QED) is 0.493. The molecule has 0 aliphatic carbocycles. The van der Waals surface area contributed by atoms with Gasteiger partial charge in [-0.1, -0.05) is 36.4 Å². The Hall–Kier alpha value is -3.56. The van der Waals surface area contributed by atoms with Gasteiger partial charge >= 0.3 is 0 Å². The van der Waals surface area contributed by atoms with Crippen LogP contribution in [0, 0.1) is 0 Å². The zero-order chi connectivity index (χ0) is 27.1. The molecule has 0 spiro atoms. The van der Waals surface area contributed by atoms with Crippen molar-refractivity contribution < 1.29 is 37.8 Å². The number of aliphatic carboxylic acids is 1. The molecule has 38 heavy (non-hydrogen) atoms. The average molecular weight is 540 g/mol. The van der Waals surface area contributed by atoms with Crippen LogP contribution in [-0.4, -0.2) is 45.7 Å². The molecule has 1 fully saturated rings. The van der Waals surface area contributed by atoms with E-state index in [1.807, 2.05) is 24.3 Å². The van der Waals surface area contributed by atoms with E-state index in [1.54, 1.807) is 41.3 Å². The highest BCUT2D eigenvalue weighted by Crippen LogP contribution is 2.49. The number of ether oxygens (including phenoxy) is 2. The monoisotopic (exact) mass is 539 g/mol. The molecule has 9 heteroatoms. The van der Waals surface area contributed by atoms with Gasteiger partial charge < -0.3 is 29.4 Å². The predicted octanol–water partition coefficient (Wildman–Crippen LogP) is 2.24. The largest absolute Gasteiger partial charge is 0.550 e. The topological polar surface area (TPSA) is 117 Å². The van der Waals surface area contributed by atoms with Crippen LogP contribution >= 0.6 is 0 Å². The maximum absolute atomic E-state index is 13.7. The van der Waals surface area contributed by atoms with Crippen molar-refractivity contribution in [1.82, 2.24) is 0 Å². The number of rotatable bonds is 6. The van der Waals surface area contributed by atoms with E-state index in [0.29, 0.717) is 17.9 Å². The standard InChI is InChI=1S/C27H29NO5S.C2H4O2/c29-22-12-8-21(9-13-22)27-26(33-24-6-2-3-7-25(24)34(27,30)31)20-10-14-23(15-11-20)32-19-18-28-16-4-1-5-17-28;1-2(3)4/h2-3,6-15,26-27,29H,1,4-5,16-19H2;1H3,(H,3,4)/t26-,27+;/m1./s1. The molecule has 0 bridgehead atoms. The number of nitrogens with one attached hydrogen (secondary N) is 1. The summed E-state index contributed by atoms with van der Waals surface area (Å²) in [4.78, 5) is 10.7. The van der Waals surface area contributed by atoms with E-state index in [0.717, 1.165) is 24.8 Å². The normalized spacial score (nSPS) is 20.2. The van der Waals surface area contributed by atoms with Gasteiger partial charge in [-0.15, -0.1) is 0 Å². The summed E-state index contributed by atoms with van der Waals surface area (Å²) >= 11 is 0. The zero-order valence-electron chi connectivity index (χ0n) is 21.3. The van der Waals surface area contributed by atoms with Crippen LogP contribution in [0.3, 0.4) is 0 Å². The van der Waals surface area contributed by atoms with Gasteiger partial charge in [0.1, 0.15) is 46.6 Å². The summed E-state index contributed by atoms with van der Waals surface area (Å²) in [6.07, 6.45) is 3.19. The lowest BCUT2D eigenvalue weighted by atomic mass is 10.00. The summed E-state index contributed by atoms with van der Waals surface area (Å²) in [5.41, 5.74) is 1.33. The van der Waals surface area contributed by atoms with E-state index in [2.05, 4.69) is 0 Å². The summed E-state index contributed by atoms with van der Waals surface area (Å²) in [6, 6.07) is 20.5. The summed E-state index contributed by atoms with van der Waals surface area (Å²) in [7, 11) is -3.72. The minimum Gasteiger partial charge on any atom is -0.550 e. The number of carboxylic acids is 1. The van der Waals surface area contributed by atoms with Crippen LogP contribution in [0.25, 0.3) is 0 Å². The lowest BCUT2D eigenvalue weighted by Gasteiger charge is -2.34. The molecule has 2 aliphatic rings. The van der Waals surface area contributed by atoms with Crippen molar-refractivity contribution in [1.29, 1.82) is 0 Å². The molecule has 5 rings (SSSR count). The number of carbonyl (C=O) groups is 1. The van der Waals surface area contributed by atoms with Crippen molar-refractivity contribution in [2.45, 2.75) is 42.4 Å². The molecule has 0 unspecified atom stereocenters. The van der Waals surface area contributed by atoms with Crippen LogP contribution in [0.15, 0.2) is 77.7 Å². The van der Waals surface area contributed by atoms with Crippen molar-refractivity contribution in [3.8, 4) is 17.2 Å². The predicted molar refractivity (Wildman–Crippen MR) is 140 cm³/mol. The first-order valence-corrected chi connectivity index (χ1v) is 14.3. The summed E-state index contributed by atoms with van der Waals surface area (Å²) < 4.78 is 39.6. The van der Waals surface area contributed by atoms with Crippen LogP contribution in [0.5, 0.6) is 17.2 Å². The Balaban J connectivity index is 0.000000786. The fourth-order valence-corrected chi connectivity index (χ4v) is 6.90. The minimum atomic E-state index is -3.72. The third-order valence-electron chi connectivity index (χ3n) is 6.73. The second kappa shape index (κ2) is 12.3. The van der Waals surface area contributed by atoms with Gasteiger partial charge in [0.05, 0.1) is 13.1 Å². The van der Waals surface area contributed by atoms with Crippen molar-refractivity contribution in [2.24, 2.45) is 0 Å². The lowest BCUT2D eigenvalue weighted by molar-refractivity contribution is -0.904. The first-order valence-electron chi connectivity index (χ1n) is 12.8. The number of piperidine rings is 1. The van der Waals surface area contributed by atoms with E-state index in [1.165, 1.54) is 44.5 Å². The second-order valence-corrected chi connectivity index (χ2v) is 11.5. The van der Waals surface area contributed by atoms with Crippen LogP contribution < -0.4 is 19.5 Å². The van der Waals surface area contributed by atoms with Gasteiger partial charge in [-0.05, 0) is 73.7 Å². The summed E-state index contributed by atoms with van der Waals surface area (Å²) in [5, 5.41) is 17.7. The number of benzene rings is 3. The van der Waals surface area contributed by atoms with Gasteiger partial charge in [-0.3, -0.25) is 0 Å². The highest BCUT2D eigenvalue weighted by molar-refractivity contribution is 7.91. The molecule has 0 aromatic heterocycles. The molecule has 2 heterocycles. The first-order chi connectivity index (χ1) is 18.3. The first kappa shape index (κ1) is 27.5. The molecule has 0 amide bonds. The molecule has 1 saturated heterocycles. The van der Waals surface area contributed by atoms with Crippen molar-refractivity contribution in [2.75, 3.05) is 26.2 Å². The molecule has 0 radical (unpaired) electrons. The average Bonchev–Trinajstić information content (AvgIpc) is 2.90. The van der Waals surface area contributed by atoms with E-state index in [4.69, 9.17) is 19.4 Å². The summed E-state index contributed by atoms with van der Waals surface area (Å²) in [6.45, 7) is 5.06. The maximum atomic E-state index is 13.7. The number of phenols is 1. The number of likely N-dealkylation sites (tertiary alicyclic amines) is 1. The van der Waals surface area contributed by atoms with E-state index >= 15 is 0 Å². The number of aromatic hydroxyl groups is 1. The molecular formula is C29H33NO7S. The number of carboxylic acid groups (broad SMARTS) is 1. The molecule has 0 saturated carbocycles. The lowest BCUT2D eigenvalue weighted by Crippen LogP contribution is -3.13. The van der Waals surface area contributed by atoms with Gasteiger partial charge in [0.25, 0.3) is 0 Å². The Morgan fingerprint density at radius 1 is 0.974 bits per heavy atom. The number of quaternary nitrogens is 1. The van der Waals surface area contributed by atoms with Crippen LogP contribution in [-0.2, 0) is 14.6 Å². The molecule has 2 atom stereocenters. The van der Waals surface area contributed by atoms with Gasteiger partial charge in [0.2, 0.25) is 0 Å². The molecular weight excluding hydrogens is 506 g/mol. The maximum Gasteiger partial charge on any atom is 0.193 e. The number of fused-ring (bicyclic) bond motifs is 1. The fraction of sp³-hybridized carbons (Fsp3) is 0.345. The van der Waals surface area contributed by atoms with Crippen molar-refractivity contribution in [3.05, 3.63) is 83.9 Å². The van der Waals surface area contributed by atoms with Gasteiger partial charge in [-0.2, -0.15) is 0 Å². The van der Waals surface area contributed by atoms with Crippen LogP contribution in [0.1, 0.15) is 48.7 Å². The number of hydrogen-bond donors (Lipinski definition) is 2. The Bertz CT molecular complexity index is 1310. The molecule has 2 aliphatic heterocycles. The van der Waals surface area contributed by atoms with Crippen molar-refractivity contribution in [3.63, 3.8) is 0 Å². The highest BCUT2D eigenvalue weighted by atomic mass is 32.2. The smallest absolute Gasteiger partial charge is 0.193 e. The number of phenolic OH excluding ortho intramolecular Hbond substituents is 1. The molecule has 2 N–H and O–H groups in total. The van der Waals surface area contributed by atoms with Crippen LogP contribution in [0.2, 0.25) is 0 Å². The number of hydrogen-bond acceptors (Lipinski definition) is 7. The number of para-hydroxylation sites is 1. The number of carbonyl (C=O) groups excluding carboxylic acids is 1. The van der Waals surface area contributed by atoms with Gasteiger partial charge in [0, 0.05) is 5.97 Å². The van der Waals surface area contributed by atoms with Crippen LogP contribution in [0.4, 0.5) is 0 Å². The molecule has 202 valence electrons. The Morgan fingerprint density at radius 2 is 1.58 bits per heavy atom. The molecule has 8 nitrogen and oxygen atoms in total. The van der Waals surface area contributed by atoms with E-state index in [-0.39, 0.29) is 10.6 Å². The van der Waals surface area contributed by atoms with Gasteiger partial charge in [0.15, 0.2) is 9.84 Å². The summed E-state index contributed by atoms with van der Waals surface area (Å²) in [5.74, 6) is 0.121. The highest BCUT2D eigenvalue weighted by Gasteiger charge is 2.44. The van der Waals surface area contributed by atoms with E-state index < -0.39 is 27.2 Å². The Morgan fingerprint density at radius 3 is 2.24 bits per heavy atom. The second-order valence-electron chi connectivity index (χ2n) is 9.51. The van der Waals surface area contributed by atoms with Gasteiger partial charge in [-0.25, -0.2) is 8.42 Å². The van der Waals surface area contributed by atoms with E-state index in [9.17, 15) is 13.5 Å². The fourth-order valence-electron chi connectivity index (χ4n) is 4.91. The third-order valence-corrected chi connectivity index (χ3v) is 8.87. The van der Waals surface area contributed by atoms with Crippen molar-refractivity contribution >= 4 is 15.8 Å². The molecule has 3 aromatic rings. The minimum absolute atomic E-state index is 0.0858.